The quantitative estimate of drug-likeness (QED) is 0.754. The summed E-state index contributed by atoms with van der Waals surface area (Å²) >= 11 is 0. The standard InChI is InChI=1S/C11H21N3O.ClH/c12-10-4-5-14(7-10)8-11(15)13-6-9-2-1-3-9;/h9-10H,1-8,12H2,(H,13,15);1H/t10-;/m0./s1. The minimum Gasteiger partial charge on any atom is -0.355 e. The van der Waals surface area contributed by atoms with Gasteiger partial charge in [-0.3, -0.25) is 9.69 Å². The molecule has 16 heavy (non-hydrogen) atoms. The molecule has 3 N–H and O–H groups in total. The van der Waals surface area contributed by atoms with Gasteiger partial charge in [-0.2, -0.15) is 0 Å². The molecule has 1 amide bonds. The van der Waals surface area contributed by atoms with E-state index >= 15 is 0 Å². The Morgan fingerprint density at radius 3 is 2.62 bits per heavy atom. The van der Waals surface area contributed by atoms with Gasteiger partial charge in [-0.15, -0.1) is 12.4 Å². The van der Waals surface area contributed by atoms with Gasteiger partial charge in [0.1, 0.15) is 0 Å². The molecule has 1 aliphatic carbocycles. The minimum atomic E-state index is 0. The van der Waals surface area contributed by atoms with Crippen molar-refractivity contribution < 1.29 is 4.79 Å². The maximum atomic E-state index is 11.6. The molecule has 2 rings (SSSR count). The molecule has 1 saturated heterocycles. The van der Waals surface area contributed by atoms with Gasteiger partial charge in [0, 0.05) is 25.7 Å². The van der Waals surface area contributed by atoms with Gasteiger partial charge < -0.3 is 11.1 Å². The average Bonchev–Trinajstić information content (AvgIpc) is 2.48. The van der Waals surface area contributed by atoms with E-state index < -0.39 is 0 Å². The van der Waals surface area contributed by atoms with Crippen molar-refractivity contribution in [3.8, 4) is 0 Å². The van der Waals surface area contributed by atoms with Crippen molar-refractivity contribution >= 4 is 18.3 Å². The van der Waals surface area contributed by atoms with Crippen molar-refractivity contribution in [1.82, 2.24) is 10.2 Å². The number of nitrogens with zero attached hydrogens (tertiary/aromatic N) is 1. The normalized spacial score (nSPS) is 25.9. The van der Waals surface area contributed by atoms with E-state index in [0.29, 0.717) is 6.54 Å². The van der Waals surface area contributed by atoms with Crippen molar-refractivity contribution in [1.29, 1.82) is 0 Å². The molecule has 0 spiro atoms. The van der Waals surface area contributed by atoms with Crippen LogP contribution in [0, 0.1) is 5.92 Å². The number of hydrogen-bond donors (Lipinski definition) is 2. The van der Waals surface area contributed by atoms with E-state index in [1.807, 2.05) is 0 Å². The van der Waals surface area contributed by atoms with E-state index in [2.05, 4.69) is 10.2 Å². The highest BCUT2D eigenvalue weighted by Crippen LogP contribution is 2.25. The second kappa shape index (κ2) is 6.42. The van der Waals surface area contributed by atoms with Crippen LogP contribution in [0.4, 0.5) is 0 Å². The van der Waals surface area contributed by atoms with Crippen LogP contribution in [0.3, 0.4) is 0 Å². The lowest BCUT2D eigenvalue weighted by atomic mass is 9.85. The number of halogens is 1. The first-order valence-corrected chi connectivity index (χ1v) is 5.98. The van der Waals surface area contributed by atoms with E-state index in [9.17, 15) is 4.79 Å². The highest BCUT2D eigenvalue weighted by atomic mass is 35.5. The molecule has 5 heteroatoms. The lowest BCUT2D eigenvalue weighted by molar-refractivity contribution is -0.122. The smallest absolute Gasteiger partial charge is 0.234 e. The SMILES string of the molecule is Cl.N[C@H]1CCN(CC(=O)NCC2CCC2)C1. The van der Waals surface area contributed by atoms with Crippen LogP contribution in [-0.4, -0.2) is 43.0 Å². The number of nitrogens with one attached hydrogen (secondary N) is 1. The third-order valence-corrected chi connectivity index (χ3v) is 3.49. The summed E-state index contributed by atoms with van der Waals surface area (Å²) in [6.07, 6.45) is 4.93. The first kappa shape index (κ1) is 13.7. The monoisotopic (exact) mass is 247 g/mol. The Labute approximate surface area is 103 Å². The molecule has 0 unspecified atom stereocenters. The van der Waals surface area contributed by atoms with Crippen LogP contribution >= 0.6 is 12.4 Å². The Morgan fingerprint density at radius 1 is 1.38 bits per heavy atom. The van der Waals surface area contributed by atoms with E-state index in [1.165, 1.54) is 19.3 Å². The summed E-state index contributed by atoms with van der Waals surface area (Å²) in [6, 6.07) is 0.268. The zero-order chi connectivity index (χ0) is 10.7. The van der Waals surface area contributed by atoms with Gasteiger partial charge in [0.15, 0.2) is 0 Å². The van der Waals surface area contributed by atoms with Crippen LogP contribution in [0.15, 0.2) is 0 Å². The van der Waals surface area contributed by atoms with E-state index in [4.69, 9.17) is 5.73 Å². The Balaban J connectivity index is 0.00000128. The van der Waals surface area contributed by atoms with Gasteiger partial charge in [0.2, 0.25) is 5.91 Å². The summed E-state index contributed by atoms with van der Waals surface area (Å²) in [7, 11) is 0. The molecule has 1 atom stereocenters. The molecular weight excluding hydrogens is 226 g/mol. The Kier molecular flexibility index (Phi) is 5.52. The van der Waals surface area contributed by atoms with Crippen LogP contribution in [0.25, 0.3) is 0 Å². The predicted octanol–water partition coefficient (Wildman–Crippen LogP) is 0.357. The number of hydrogen-bond acceptors (Lipinski definition) is 3. The molecule has 4 nitrogen and oxygen atoms in total. The minimum absolute atomic E-state index is 0. The van der Waals surface area contributed by atoms with Crippen molar-refractivity contribution in [3.05, 3.63) is 0 Å². The van der Waals surface area contributed by atoms with Crippen LogP contribution in [0.1, 0.15) is 25.7 Å². The molecule has 0 aromatic heterocycles. The van der Waals surface area contributed by atoms with Gasteiger partial charge >= 0.3 is 0 Å². The van der Waals surface area contributed by atoms with Crippen molar-refractivity contribution in [2.75, 3.05) is 26.2 Å². The van der Waals surface area contributed by atoms with Crippen LogP contribution in [0.2, 0.25) is 0 Å². The van der Waals surface area contributed by atoms with Gasteiger partial charge in [-0.25, -0.2) is 0 Å². The third kappa shape index (κ3) is 3.92. The van der Waals surface area contributed by atoms with Crippen molar-refractivity contribution in [2.45, 2.75) is 31.7 Å². The second-order valence-corrected chi connectivity index (χ2v) is 4.88. The molecule has 1 heterocycles. The molecule has 0 aromatic rings. The highest BCUT2D eigenvalue weighted by molar-refractivity contribution is 5.85. The summed E-state index contributed by atoms with van der Waals surface area (Å²) in [5.41, 5.74) is 5.78. The third-order valence-electron chi connectivity index (χ3n) is 3.49. The van der Waals surface area contributed by atoms with E-state index in [1.54, 1.807) is 0 Å². The van der Waals surface area contributed by atoms with Gasteiger partial charge in [-0.05, 0) is 25.2 Å². The van der Waals surface area contributed by atoms with E-state index in [-0.39, 0.29) is 24.4 Å². The summed E-state index contributed by atoms with van der Waals surface area (Å²) < 4.78 is 0. The first-order valence-electron chi connectivity index (χ1n) is 5.98. The van der Waals surface area contributed by atoms with Crippen LogP contribution < -0.4 is 11.1 Å². The molecule has 0 radical (unpaired) electrons. The number of rotatable bonds is 4. The lowest BCUT2D eigenvalue weighted by Gasteiger charge is -2.25. The molecule has 2 aliphatic rings. The molecule has 2 fully saturated rings. The number of amides is 1. The Morgan fingerprint density at radius 2 is 2.12 bits per heavy atom. The van der Waals surface area contributed by atoms with E-state index in [0.717, 1.165) is 32.0 Å². The maximum absolute atomic E-state index is 11.6. The fraction of sp³-hybridized carbons (Fsp3) is 0.909. The van der Waals surface area contributed by atoms with Crippen molar-refractivity contribution in [2.24, 2.45) is 11.7 Å². The molecular formula is C11H22ClN3O. The van der Waals surface area contributed by atoms with Gasteiger partial charge in [0.05, 0.1) is 6.54 Å². The topological polar surface area (TPSA) is 58.4 Å². The fourth-order valence-electron chi connectivity index (χ4n) is 2.22. The van der Waals surface area contributed by atoms with Crippen LogP contribution in [-0.2, 0) is 4.79 Å². The van der Waals surface area contributed by atoms with Crippen molar-refractivity contribution in [3.63, 3.8) is 0 Å². The summed E-state index contributed by atoms with van der Waals surface area (Å²) in [6.45, 7) is 3.24. The Bertz CT molecular complexity index is 233. The highest BCUT2D eigenvalue weighted by Gasteiger charge is 2.22. The first-order chi connectivity index (χ1) is 7.24. The zero-order valence-electron chi connectivity index (χ0n) is 9.65. The Hall–Kier alpha value is -0.320. The average molecular weight is 248 g/mol. The summed E-state index contributed by atoms with van der Waals surface area (Å²) in [5.74, 6) is 0.908. The number of carbonyl (C=O) groups is 1. The second-order valence-electron chi connectivity index (χ2n) is 4.88. The largest absolute Gasteiger partial charge is 0.355 e. The summed E-state index contributed by atoms with van der Waals surface area (Å²) in [5, 5.41) is 3.00. The molecule has 1 aliphatic heterocycles. The zero-order valence-corrected chi connectivity index (χ0v) is 10.5. The van der Waals surface area contributed by atoms with Gasteiger partial charge in [-0.1, -0.05) is 6.42 Å². The predicted molar refractivity (Wildman–Crippen MR) is 66.6 cm³/mol. The maximum Gasteiger partial charge on any atom is 0.234 e. The summed E-state index contributed by atoms with van der Waals surface area (Å²) in [4.78, 5) is 13.7. The number of likely N-dealkylation sites (tertiary alicyclic amines) is 1. The van der Waals surface area contributed by atoms with Crippen LogP contribution in [0.5, 0.6) is 0 Å². The number of nitrogens with two attached hydrogens (primary N) is 1. The number of carbonyl (C=O) groups excluding carboxylic acids is 1. The lowest BCUT2D eigenvalue weighted by Crippen LogP contribution is -2.40. The fourth-order valence-corrected chi connectivity index (χ4v) is 2.22. The van der Waals surface area contributed by atoms with Gasteiger partial charge in [0.25, 0.3) is 0 Å². The molecule has 94 valence electrons. The molecule has 0 bridgehead atoms. The molecule has 0 aromatic carbocycles. The molecule has 1 saturated carbocycles.